The number of aryl methyl sites for hydroxylation is 1. The van der Waals surface area contributed by atoms with Crippen LogP contribution in [0, 0.1) is 6.92 Å². The molecule has 2 aromatic rings. The Hall–Kier alpha value is -0.360. The van der Waals surface area contributed by atoms with Crippen molar-refractivity contribution in [3.63, 3.8) is 0 Å². The molecule has 96 valence electrons. The number of nitrogens with zero attached hydrogens (tertiary/aromatic N) is 1. The second kappa shape index (κ2) is 6.19. The van der Waals surface area contributed by atoms with Crippen molar-refractivity contribution in [3.05, 3.63) is 39.3 Å². The van der Waals surface area contributed by atoms with E-state index in [-0.39, 0.29) is 0 Å². The summed E-state index contributed by atoms with van der Waals surface area (Å²) < 4.78 is 2.19. The van der Waals surface area contributed by atoms with E-state index in [4.69, 9.17) is 0 Å². The lowest BCUT2D eigenvalue weighted by Gasteiger charge is -2.15. The van der Waals surface area contributed by atoms with Gasteiger partial charge in [0.05, 0.1) is 0 Å². The topological polar surface area (TPSA) is 24.9 Å². The van der Waals surface area contributed by atoms with E-state index in [1.807, 2.05) is 14.0 Å². The smallest absolute Gasteiger partial charge is 0.154 e. The molecule has 0 aliphatic rings. The van der Waals surface area contributed by atoms with Crippen molar-refractivity contribution in [2.24, 2.45) is 0 Å². The van der Waals surface area contributed by atoms with Crippen molar-refractivity contribution in [2.75, 3.05) is 7.05 Å². The summed E-state index contributed by atoms with van der Waals surface area (Å²) >= 11 is 6.96. The molecule has 0 aliphatic heterocycles. The quantitative estimate of drug-likeness (QED) is 0.875. The monoisotopic (exact) mass is 342 g/mol. The van der Waals surface area contributed by atoms with Gasteiger partial charge in [0.15, 0.2) is 4.34 Å². The Labute approximate surface area is 124 Å². The van der Waals surface area contributed by atoms with Crippen molar-refractivity contribution in [2.45, 2.75) is 29.1 Å². The van der Waals surface area contributed by atoms with Crippen LogP contribution in [-0.2, 0) is 0 Å². The molecule has 1 aromatic heterocycles. The number of hydrogen-bond acceptors (Lipinski definition) is 4. The molecule has 0 spiro atoms. The predicted molar refractivity (Wildman–Crippen MR) is 82.6 cm³/mol. The molecular formula is C13H15BrN2S2. The van der Waals surface area contributed by atoms with E-state index in [1.165, 1.54) is 10.5 Å². The Balaban J connectivity index is 2.33. The summed E-state index contributed by atoms with van der Waals surface area (Å²) in [6.07, 6.45) is 0. The Morgan fingerprint density at radius 2 is 2.22 bits per heavy atom. The van der Waals surface area contributed by atoms with E-state index in [1.54, 1.807) is 23.1 Å². The van der Waals surface area contributed by atoms with Gasteiger partial charge < -0.3 is 5.32 Å². The summed E-state index contributed by atoms with van der Waals surface area (Å²) in [4.78, 5) is 5.76. The van der Waals surface area contributed by atoms with Crippen molar-refractivity contribution >= 4 is 39.0 Å². The standard InChI is InChI=1S/C13H15BrN2S2/c1-8-7-17-13(16-8)18-12-6-10(14)4-5-11(12)9(2)15-3/h4-7,9,15H,1-3H3. The van der Waals surface area contributed by atoms with Crippen molar-refractivity contribution < 1.29 is 0 Å². The molecule has 0 saturated carbocycles. The summed E-state index contributed by atoms with van der Waals surface area (Å²) in [6, 6.07) is 6.74. The van der Waals surface area contributed by atoms with Gasteiger partial charge in [0.25, 0.3) is 0 Å². The lowest BCUT2D eigenvalue weighted by Crippen LogP contribution is -2.13. The Kier molecular flexibility index (Phi) is 4.84. The molecule has 2 nitrogen and oxygen atoms in total. The minimum absolute atomic E-state index is 0.335. The van der Waals surface area contributed by atoms with Gasteiger partial charge in [-0.05, 0) is 38.6 Å². The summed E-state index contributed by atoms with van der Waals surface area (Å²) in [7, 11) is 1.98. The first-order valence-electron chi connectivity index (χ1n) is 5.67. The van der Waals surface area contributed by atoms with Crippen molar-refractivity contribution in [1.82, 2.24) is 10.3 Å². The summed E-state index contributed by atoms with van der Waals surface area (Å²) in [6.45, 7) is 4.19. The Morgan fingerprint density at radius 3 is 2.83 bits per heavy atom. The van der Waals surface area contributed by atoms with Crippen LogP contribution in [0.25, 0.3) is 0 Å². The highest BCUT2D eigenvalue weighted by molar-refractivity contribution is 9.10. The number of rotatable bonds is 4. The number of hydrogen-bond donors (Lipinski definition) is 1. The molecule has 5 heteroatoms. The maximum atomic E-state index is 4.51. The van der Waals surface area contributed by atoms with Crippen LogP contribution in [-0.4, -0.2) is 12.0 Å². The predicted octanol–water partition coefficient (Wildman–Crippen LogP) is 4.65. The lowest BCUT2D eigenvalue weighted by atomic mass is 10.1. The van der Waals surface area contributed by atoms with E-state index in [9.17, 15) is 0 Å². The first-order chi connectivity index (χ1) is 8.60. The van der Waals surface area contributed by atoms with Gasteiger partial charge in [-0.2, -0.15) is 0 Å². The van der Waals surface area contributed by atoms with Crippen LogP contribution < -0.4 is 5.32 Å². The highest BCUT2D eigenvalue weighted by Gasteiger charge is 2.12. The van der Waals surface area contributed by atoms with Gasteiger partial charge in [-0.15, -0.1) is 11.3 Å². The van der Waals surface area contributed by atoms with Crippen molar-refractivity contribution in [3.8, 4) is 0 Å². The van der Waals surface area contributed by atoms with E-state index < -0.39 is 0 Å². The van der Waals surface area contributed by atoms with Gasteiger partial charge in [0.2, 0.25) is 0 Å². The Morgan fingerprint density at radius 1 is 1.44 bits per heavy atom. The molecule has 1 aromatic carbocycles. The average Bonchev–Trinajstić information content (AvgIpc) is 2.74. The van der Waals surface area contributed by atoms with Gasteiger partial charge in [-0.3, -0.25) is 0 Å². The second-order valence-corrected chi connectivity index (χ2v) is 7.11. The van der Waals surface area contributed by atoms with Gasteiger partial charge >= 0.3 is 0 Å². The third-order valence-electron chi connectivity index (χ3n) is 2.67. The zero-order valence-electron chi connectivity index (χ0n) is 10.5. The van der Waals surface area contributed by atoms with Gasteiger partial charge in [-0.1, -0.05) is 33.8 Å². The molecule has 0 radical (unpaired) electrons. The van der Waals surface area contributed by atoms with E-state index in [0.717, 1.165) is 14.5 Å². The maximum Gasteiger partial charge on any atom is 0.154 e. The summed E-state index contributed by atoms with van der Waals surface area (Å²) in [5.74, 6) is 0. The fourth-order valence-corrected chi connectivity index (χ4v) is 4.15. The number of nitrogens with one attached hydrogen (secondary N) is 1. The minimum Gasteiger partial charge on any atom is -0.313 e. The van der Waals surface area contributed by atoms with Crippen LogP contribution in [0.15, 0.2) is 37.3 Å². The zero-order chi connectivity index (χ0) is 13.1. The number of benzene rings is 1. The summed E-state index contributed by atoms with van der Waals surface area (Å²) in [5.41, 5.74) is 2.39. The first kappa shape index (κ1) is 14.1. The van der Waals surface area contributed by atoms with Gasteiger partial charge in [0, 0.05) is 26.5 Å². The van der Waals surface area contributed by atoms with Crippen LogP contribution in [0.5, 0.6) is 0 Å². The van der Waals surface area contributed by atoms with Crippen LogP contribution >= 0.6 is 39.0 Å². The van der Waals surface area contributed by atoms with Gasteiger partial charge in [-0.25, -0.2) is 4.98 Å². The molecule has 0 aliphatic carbocycles. The Bertz CT molecular complexity index is 540. The van der Waals surface area contributed by atoms with Crippen LogP contribution in [0.2, 0.25) is 0 Å². The maximum absolute atomic E-state index is 4.51. The zero-order valence-corrected chi connectivity index (χ0v) is 13.7. The molecule has 2 rings (SSSR count). The highest BCUT2D eigenvalue weighted by Crippen LogP contribution is 2.36. The molecule has 1 atom stereocenters. The molecule has 0 bridgehead atoms. The second-order valence-electron chi connectivity index (χ2n) is 4.05. The van der Waals surface area contributed by atoms with Crippen LogP contribution in [0.1, 0.15) is 24.2 Å². The van der Waals surface area contributed by atoms with Crippen LogP contribution in [0.4, 0.5) is 0 Å². The molecular weight excluding hydrogens is 328 g/mol. The number of halogens is 1. The number of thiazole rings is 1. The van der Waals surface area contributed by atoms with E-state index >= 15 is 0 Å². The third-order valence-corrected chi connectivity index (χ3v) is 5.29. The minimum atomic E-state index is 0.335. The molecule has 0 fully saturated rings. The molecule has 1 unspecified atom stereocenters. The number of aromatic nitrogens is 1. The highest BCUT2D eigenvalue weighted by atomic mass is 79.9. The lowest BCUT2D eigenvalue weighted by molar-refractivity contribution is 0.641. The fraction of sp³-hybridized carbons (Fsp3) is 0.308. The first-order valence-corrected chi connectivity index (χ1v) is 8.15. The molecule has 18 heavy (non-hydrogen) atoms. The molecule has 0 saturated heterocycles. The summed E-state index contributed by atoms with van der Waals surface area (Å²) in [5, 5.41) is 5.37. The molecule has 1 heterocycles. The largest absolute Gasteiger partial charge is 0.313 e. The van der Waals surface area contributed by atoms with Gasteiger partial charge in [0.1, 0.15) is 0 Å². The van der Waals surface area contributed by atoms with Crippen molar-refractivity contribution in [1.29, 1.82) is 0 Å². The molecule has 1 N–H and O–H groups in total. The normalized spacial score (nSPS) is 12.7. The third kappa shape index (κ3) is 3.35. The average molecular weight is 343 g/mol. The van der Waals surface area contributed by atoms with E-state index in [0.29, 0.717) is 6.04 Å². The molecule has 0 amide bonds. The van der Waals surface area contributed by atoms with Crippen LogP contribution in [0.3, 0.4) is 0 Å². The SMILES string of the molecule is CNC(C)c1ccc(Br)cc1Sc1nc(C)cs1. The van der Waals surface area contributed by atoms with E-state index in [2.05, 4.69) is 56.7 Å². The fourth-order valence-electron chi connectivity index (χ4n) is 1.58.